The van der Waals surface area contributed by atoms with E-state index < -0.39 is 0 Å². The lowest BCUT2D eigenvalue weighted by Crippen LogP contribution is -2.41. The van der Waals surface area contributed by atoms with Crippen molar-refractivity contribution in [3.8, 4) is 0 Å². The van der Waals surface area contributed by atoms with Crippen molar-refractivity contribution in [2.45, 2.75) is 52.2 Å². The molecule has 1 fully saturated rings. The molecule has 0 radical (unpaired) electrons. The molecule has 0 spiro atoms. The maximum Gasteiger partial charge on any atom is 0.236 e. The maximum atomic E-state index is 11.8. The fourth-order valence-corrected chi connectivity index (χ4v) is 2.10. The fraction of sp³-hybridized carbons (Fsp3) is 0.923. The Morgan fingerprint density at radius 1 is 1.47 bits per heavy atom. The number of rotatable bonds is 8. The van der Waals surface area contributed by atoms with Crippen LogP contribution in [-0.4, -0.2) is 47.7 Å². The minimum absolute atomic E-state index is 0.159. The molecule has 100 valence electrons. The van der Waals surface area contributed by atoms with Crippen LogP contribution in [0.5, 0.6) is 0 Å². The molecule has 0 bridgehead atoms. The molecule has 1 rings (SSSR count). The van der Waals surface area contributed by atoms with E-state index in [1.54, 1.807) is 0 Å². The van der Waals surface area contributed by atoms with Crippen molar-refractivity contribution >= 4 is 5.91 Å². The van der Waals surface area contributed by atoms with Crippen LogP contribution in [0.25, 0.3) is 0 Å². The van der Waals surface area contributed by atoms with Gasteiger partial charge in [0.1, 0.15) is 0 Å². The Morgan fingerprint density at radius 3 is 2.59 bits per heavy atom. The highest BCUT2D eigenvalue weighted by Crippen LogP contribution is 2.26. The fourth-order valence-electron chi connectivity index (χ4n) is 2.10. The molecule has 1 aliphatic carbocycles. The molecule has 1 unspecified atom stereocenters. The van der Waals surface area contributed by atoms with Crippen LogP contribution in [0.3, 0.4) is 0 Å². The zero-order chi connectivity index (χ0) is 12.8. The second-order valence-corrected chi connectivity index (χ2v) is 5.33. The van der Waals surface area contributed by atoms with E-state index in [1.165, 1.54) is 0 Å². The molecule has 0 aromatic rings. The number of likely N-dealkylation sites (N-methyl/N-ethyl adjacent to an activating group) is 1. The molecule has 4 heteroatoms. The lowest BCUT2D eigenvalue weighted by Gasteiger charge is -2.21. The van der Waals surface area contributed by atoms with Crippen LogP contribution < -0.4 is 5.32 Å². The molecular formula is C13H26N2O2. The van der Waals surface area contributed by atoms with Crippen molar-refractivity contribution in [2.75, 3.05) is 19.6 Å². The molecule has 17 heavy (non-hydrogen) atoms. The predicted molar refractivity (Wildman–Crippen MR) is 68.7 cm³/mol. The van der Waals surface area contributed by atoms with Gasteiger partial charge < -0.3 is 15.3 Å². The normalized spacial score (nSPS) is 17.2. The van der Waals surface area contributed by atoms with E-state index in [0.29, 0.717) is 25.0 Å². The van der Waals surface area contributed by atoms with Crippen molar-refractivity contribution in [3.63, 3.8) is 0 Å². The molecule has 0 saturated heterocycles. The summed E-state index contributed by atoms with van der Waals surface area (Å²) >= 11 is 0. The van der Waals surface area contributed by atoms with Gasteiger partial charge >= 0.3 is 0 Å². The van der Waals surface area contributed by atoms with E-state index in [1.807, 2.05) is 11.8 Å². The first kappa shape index (κ1) is 14.5. The Hall–Kier alpha value is -0.610. The van der Waals surface area contributed by atoms with E-state index >= 15 is 0 Å². The molecule has 1 saturated carbocycles. The minimum atomic E-state index is -0.348. The largest absolute Gasteiger partial charge is 0.392 e. The van der Waals surface area contributed by atoms with Crippen LogP contribution in [0, 0.1) is 5.92 Å². The Balaban J connectivity index is 2.14. The zero-order valence-electron chi connectivity index (χ0n) is 11.3. The third-order valence-electron chi connectivity index (χ3n) is 3.05. The minimum Gasteiger partial charge on any atom is -0.392 e. The first-order chi connectivity index (χ1) is 8.04. The second kappa shape index (κ2) is 6.97. The van der Waals surface area contributed by atoms with Gasteiger partial charge in [0.15, 0.2) is 0 Å². The van der Waals surface area contributed by atoms with E-state index in [-0.39, 0.29) is 12.0 Å². The number of nitrogens with one attached hydrogen (secondary N) is 1. The molecule has 0 aromatic carbocycles. The van der Waals surface area contributed by atoms with E-state index in [9.17, 15) is 9.90 Å². The number of amides is 1. The number of carbonyl (C=O) groups excluding carboxylic acids is 1. The van der Waals surface area contributed by atoms with Crippen molar-refractivity contribution in [1.82, 2.24) is 10.2 Å². The highest BCUT2D eigenvalue weighted by molar-refractivity contribution is 5.78. The van der Waals surface area contributed by atoms with Crippen LogP contribution in [-0.2, 0) is 4.79 Å². The smallest absolute Gasteiger partial charge is 0.236 e. The van der Waals surface area contributed by atoms with Gasteiger partial charge in [0.2, 0.25) is 5.91 Å². The number of carbonyl (C=O) groups is 1. The van der Waals surface area contributed by atoms with Crippen molar-refractivity contribution in [2.24, 2.45) is 5.92 Å². The first-order valence-corrected chi connectivity index (χ1v) is 6.72. The highest BCUT2D eigenvalue weighted by Gasteiger charge is 2.30. The van der Waals surface area contributed by atoms with E-state index in [0.717, 1.165) is 25.8 Å². The lowest BCUT2D eigenvalue weighted by atomic mass is 10.1. The van der Waals surface area contributed by atoms with Crippen LogP contribution in [0.1, 0.15) is 40.0 Å². The van der Waals surface area contributed by atoms with Gasteiger partial charge in [-0.05, 0) is 32.1 Å². The molecule has 2 N–H and O–H groups in total. The Bertz CT molecular complexity index is 240. The third-order valence-corrected chi connectivity index (χ3v) is 3.05. The summed E-state index contributed by atoms with van der Waals surface area (Å²) in [6, 6.07) is 0.481. The molecule has 1 aliphatic rings. The van der Waals surface area contributed by atoms with Gasteiger partial charge in [0, 0.05) is 19.1 Å². The molecular weight excluding hydrogens is 216 g/mol. The van der Waals surface area contributed by atoms with Crippen molar-refractivity contribution in [1.29, 1.82) is 0 Å². The number of nitrogens with zero attached hydrogens (tertiary/aromatic N) is 1. The lowest BCUT2D eigenvalue weighted by molar-refractivity contribution is -0.130. The monoisotopic (exact) mass is 242 g/mol. The zero-order valence-corrected chi connectivity index (χ0v) is 11.3. The number of hydrogen-bond acceptors (Lipinski definition) is 3. The van der Waals surface area contributed by atoms with Crippen LogP contribution in [0.2, 0.25) is 0 Å². The van der Waals surface area contributed by atoms with E-state index in [4.69, 9.17) is 0 Å². The molecule has 0 heterocycles. The maximum absolute atomic E-state index is 11.8. The summed E-state index contributed by atoms with van der Waals surface area (Å²) in [6.45, 7) is 7.83. The summed E-state index contributed by atoms with van der Waals surface area (Å²) in [7, 11) is 0. The van der Waals surface area contributed by atoms with Crippen LogP contribution in [0.15, 0.2) is 0 Å². The van der Waals surface area contributed by atoms with Crippen molar-refractivity contribution in [3.05, 3.63) is 0 Å². The standard InChI is InChI=1S/C13H26N2O2/c1-4-15(11-5-6-11)13(17)9-14-8-12(16)7-10(2)3/h10-12,14,16H,4-9H2,1-3H3. The van der Waals surface area contributed by atoms with Gasteiger partial charge in [0.25, 0.3) is 0 Å². The average Bonchev–Trinajstić information content (AvgIpc) is 3.01. The second-order valence-electron chi connectivity index (χ2n) is 5.33. The average molecular weight is 242 g/mol. The highest BCUT2D eigenvalue weighted by atomic mass is 16.3. The van der Waals surface area contributed by atoms with E-state index in [2.05, 4.69) is 19.2 Å². The third kappa shape index (κ3) is 5.50. The molecule has 4 nitrogen and oxygen atoms in total. The molecule has 1 amide bonds. The molecule has 0 aliphatic heterocycles. The SMILES string of the molecule is CCN(C(=O)CNCC(O)CC(C)C)C1CC1. The van der Waals surface area contributed by atoms with Gasteiger partial charge in [-0.1, -0.05) is 13.8 Å². The number of aliphatic hydroxyl groups is 1. The summed E-state index contributed by atoms with van der Waals surface area (Å²) in [5.41, 5.74) is 0. The summed E-state index contributed by atoms with van der Waals surface area (Å²) in [5.74, 6) is 0.646. The number of hydrogen-bond donors (Lipinski definition) is 2. The summed E-state index contributed by atoms with van der Waals surface area (Å²) in [5, 5.41) is 12.7. The first-order valence-electron chi connectivity index (χ1n) is 6.72. The topological polar surface area (TPSA) is 52.6 Å². The summed E-state index contributed by atoms with van der Waals surface area (Å²) in [6.07, 6.45) is 2.73. The summed E-state index contributed by atoms with van der Waals surface area (Å²) < 4.78 is 0. The van der Waals surface area contributed by atoms with Gasteiger partial charge in [-0.25, -0.2) is 0 Å². The van der Waals surface area contributed by atoms with Gasteiger partial charge in [0.05, 0.1) is 12.6 Å². The van der Waals surface area contributed by atoms with Crippen LogP contribution in [0.4, 0.5) is 0 Å². The van der Waals surface area contributed by atoms with Gasteiger partial charge in [-0.15, -0.1) is 0 Å². The molecule has 1 atom stereocenters. The van der Waals surface area contributed by atoms with Gasteiger partial charge in [-0.2, -0.15) is 0 Å². The predicted octanol–water partition coefficient (Wildman–Crippen LogP) is 0.994. The quantitative estimate of drug-likeness (QED) is 0.667. The molecule has 0 aromatic heterocycles. The van der Waals surface area contributed by atoms with Gasteiger partial charge in [-0.3, -0.25) is 4.79 Å². The van der Waals surface area contributed by atoms with Crippen molar-refractivity contribution < 1.29 is 9.90 Å². The Labute approximate surface area is 104 Å². The Kier molecular flexibility index (Phi) is 5.92. The van der Waals surface area contributed by atoms with Crippen LogP contribution >= 0.6 is 0 Å². The summed E-state index contributed by atoms with van der Waals surface area (Å²) in [4.78, 5) is 13.8. The Morgan fingerprint density at radius 2 is 2.12 bits per heavy atom. The number of aliphatic hydroxyl groups excluding tert-OH is 1.